The van der Waals surface area contributed by atoms with Crippen molar-refractivity contribution in [1.29, 1.82) is 0 Å². The van der Waals surface area contributed by atoms with Gasteiger partial charge in [0.15, 0.2) is 0 Å². The molecular weight excluding hydrogens is 298 g/mol. The molecule has 1 saturated heterocycles. The number of ether oxygens (including phenoxy) is 1. The monoisotopic (exact) mass is 311 g/mol. The smallest absolute Gasteiger partial charge is 0.326 e. The predicted octanol–water partition coefficient (Wildman–Crippen LogP) is -0.859. The molecule has 3 N–H and O–H groups in total. The van der Waals surface area contributed by atoms with Crippen LogP contribution in [0.4, 0.5) is 0 Å². The van der Waals surface area contributed by atoms with E-state index in [1.807, 2.05) is 0 Å². The molecule has 1 aromatic heterocycles. The molecule has 0 atom stereocenters. The number of nitrogens with one attached hydrogen (secondary N) is 3. The molecule has 9 heteroatoms. The van der Waals surface area contributed by atoms with Gasteiger partial charge in [-0.05, 0) is 18.2 Å². The Balaban J connectivity index is 1.96. The number of sulfonamides is 1. The maximum Gasteiger partial charge on any atom is 0.326 e. The van der Waals surface area contributed by atoms with E-state index in [0.29, 0.717) is 19.8 Å². The summed E-state index contributed by atoms with van der Waals surface area (Å²) < 4.78 is 31.8. The van der Waals surface area contributed by atoms with E-state index in [0.717, 1.165) is 0 Å². The third-order valence-electron chi connectivity index (χ3n) is 3.29. The summed E-state index contributed by atoms with van der Waals surface area (Å²) in [5.41, 5.74) is -0.973. The summed E-state index contributed by atoms with van der Waals surface area (Å²) in [7, 11) is -3.70. The number of rotatable bonds is 4. The van der Waals surface area contributed by atoms with Crippen molar-refractivity contribution >= 4 is 20.9 Å². The van der Waals surface area contributed by atoms with Crippen molar-refractivity contribution in [1.82, 2.24) is 14.7 Å². The molecule has 0 unspecified atom stereocenters. The Kier molecular flexibility index (Phi) is 3.40. The summed E-state index contributed by atoms with van der Waals surface area (Å²) >= 11 is 0. The van der Waals surface area contributed by atoms with Gasteiger partial charge in [-0.15, -0.1) is 0 Å². The van der Waals surface area contributed by atoms with Gasteiger partial charge < -0.3 is 9.72 Å². The highest BCUT2D eigenvalue weighted by Crippen LogP contribution is 2.15. The molecule has 112 valence electrons. The molecule has 0 bridgehead atoms. The molecule has 0 saturated carbocycles. The lowest BCUT2D eigenvalue weighted by Crippen LogP contribution is -2.39. The van der Waals surface area contributed by atoms with Crippen LogP contribution in [0.2, 0.25) is 0 Å². The SMILES string of the molecule is O=c1[nH]c(=O)c2cc(S(=O)(=O)NCC3COC3)ccc2[nH]1. The third-order valence-corrected chi connectivity index (χ3v) is 4.71. The van der Waals surface area contributed by atoms with Gasteiger partial charge in [-0.1, -0.05) is 0 Å². The second kappa shape index (κ2) is 5.10. The average Bonchev–Trinajstić information content (AvgIpc) is 2.36. The van der Waals surface area contributed by atoms with Crippen molar-refractivity contribution < 1.29 is 13.2 Å². The zero-order valence-electron chi connectivity index (χ0n) is 10.9. The first-order chi connectivity index (χ1) is 9.95. The van der Waals surface area contributed by atoms with E-state index in [-0.39, 0.29) is 21.7 Å². The van der Waals surface area contributed by atoms with Crippen molar-refractivity contribution in [2.75, 3.05) is 19.8 Å². The second-order valence-electron chi connectivity index (χ2n) is 4.87. The largest absolute Gasteiger partial charge is 0.381 e. The summed E-state index contributed by atoms with van der Waals surface area (Å²) in [6.45, 7) is 1.38. The van der Waals surface area contributed by atoms with E-state index in [9.17, 15) is 18.0 Å². The van der Waals surface area contributed by atoms with Crippen molar-refractivity contribution in [2.24, 2.45) is 5.92 Å². The Morgan fingerprint density at radius 3 is 2.67 bits per heavy atom. The standard InChI is InChI=1S/C12H13N3O5S/c16-11-9-3-8(1-2-10(9)14-12(17)15-11)21(18,19)13-4-7-5-20-6-7/h1-3,7,13H,4-6H2,(H2,14,15,16,17). The van der Waals surface area contributed by atoms with Gasteiger partial charge in [-0.2, -0.15) is 0 Å². The summed E-state index contributed by atoms with van der Waals surface area (Å²) in [6, 6.07) is 3.98. The average molecular weight is 311 g/mol. The number of hydrogen-bond acceptors (Lipinski definition) is 5. The van der Waals surface area contributed by atoms with Crippen LogP contribution in [0, 0.1) is 5.92 Å². The minimum atomic E-state index is -3.70. The highest BCUT2D eigenvalue weighted by molar-refractivity contribution is 7.89. The predicted molar refractivity (Wildman–Crippen MR) is 74.7 cm³/mol. The lowest BCUT2D eigenvalue weighted by molar-refractivity contribution is -0.0283. The highest BCUT2D eigenvalue weighted by Gasteiger charge is 2.22. The van der Waals surface area contributed by atoms with E-state index in [1.54, 1.807) is 0 Å². The Morgan fingerprint density at radius 1 is 1.24 bits per heavy atom. The normalized spacial score (nSPS) is 16.0. The fourth-order valence-corrected chi connectivity index (χ4v) is 3.17. The van der Waals surface area contributed by atoms with Crippen LogP contribution < -0.4 is 16.0 Å². The molecule has 2 heterocycles. The van der Waals surface area contributed by atoms with Gasteiger partial charge in [0.05, 0.1) is 29.0 Å². The van der Waals surface area contributed by atoms with Gasteiger partial charge in [0, 0.05) is 12.5 Å². The molecule has 3 rings (SSSR count). The van der Waals surface area contributed by atoms with Crippen LogP contribution in [0.3, 0.4) is 0 Å². The molecule has 1 aliphatic rings. The Labute approximate surface area is 119 Å². The first-order valence-electron chi connectivity index (χ1n) is 6.29. The Bertz CT molecular complexity index is 895. The topological polar surface area (TPSA) is 121 Å². The van der Waals surface area contributed by atoms with Crippen LogP contribution in [-0.2, 0) is 14.8 Å². The number of fused-ring (bicyclic) bond motifs is 1. The molecule has 1 aromatic carbocycles. The van der Waals surface area contributed by atoms with Gasteiger partial charge in [0.25, 0.3) is 5.56 Å². The summed E-state index contributed by atoms with van der Waals surface area (Å²) in [4.78, 5) is 27.3. The maximum atomic E-state index is 12.2. The van der Waals surface area contributed by atoms with E-state index >= 15 is 0 Å². The zero-order chi connectivity index (χ0) is 15.0. The molecule has 8 nitrogen and oxygen atoms in total. The van der Waals surface area contributed by atoms with Crippen molar-refractivity contribution in [2.45, 2.75) is 4.90 Å². The molecule has 21 heavy (non-hydrogen) atoms. The van der Waals surface area contributed by atoms with Crippen LogP contribution in [0.1, 0.15) is 0 Å². The quantitative estimate of drug-likeness (QED) is 0.678. The van der Waals surface area contributed by atoms with Crippen LogP contribution in [0.5, 0.6) is 0 Å². The summed E-state index contributed by atoms with van der Waals surface area (Å²) in [6.07, 6.45) is 0. The lowest BCUT2D eigenvalue weighted by atomic mass is 10.1. The van der Waals surface area contributed by atoms with E-state index < -0.39 is 21.3 Å². The van der Waals surface area contributed by atoms with Gasteiger partial charge >= 0.3 is 5.69 Å². The lowest BCUT2D eigenvalue weighted by Gasteiger charge is -2.25. The highest BCUT2D eigenvalue weighted by atomic mass is 32.2. The van der Waals surface area contributed by atoms with Crippen molar-refractivity contribution in [3.8, 4) is 0 Å². The molecule has 1 aliphatic heterocycles. The number of H-pyrrole nitrogens is 2. The van der Waals surface area contributed by atoms with E-state index in [2.05, 4.69) is 14.7 Å². The fraction of sp³-hybridized carbons (Fsp3) is 0.333. The fourth-order valence-electron chi connectivity index (χ4n) is 2.02. The maximum absolute atomic E-state index is 12.2. The summed E-state index contributed by atoms with van der Waals surface area (Å²) in [5, 5.41) is 0.115. The molecule has 0 amide bonds. The van der Waals surface area contributed by atoms with Gasteiger partial charge in [-0.25, -0.2) is 17.9 Å². The number of benzene rings is 1. The molecular formula is C12H13N3O5S. The first-order valence-corrected chi connectivity index (χ1v) is 7.78. The zero-order valence-corrected chi connectivity index (χ0v) is 11.7. The minimum Gasteiger partial charge on any atom is -0.381 e. The van der Waals surface area contributed by atoms with E-state index in [4.69, 9.17) is 4.74 Å². The van der Waals surface area contributed by atoms with Gasteiger partial charge in [0.2, 0.25) is 10.0 Å². The number of hydrogen-bond donors (Lipinski definition) is 3. The number of aromatic nitrogens is 2. The van der Waals surface area contributed by atoms with Crippen LogP contribution in [0.25, 0.3) is 10.9 Å². The molecule has 0 aliphatic carbocycles. The molecule has 0 radical (unpaired) electrons. The van der Waals surface area contributed by atoms with Crippen LogP contribution in [0.15, 0.2) is 32.7 Å². The van der Waals surface area contributed by atoms with Gasteiger partial charge in [-0.3, -0.25) is 9.78 Å². The van der Waals surface area contributed by atoms with Crippen molar-refractivity contribution in [3.05, 3.63) is 39.0 Å². The Hall–Kier alpha value is -1.97. The minimum absolute atomic E-state index is 0.0206. The van der Waals surface area contributed by atoms with Gasteiger partial charge in [0.1, 0.15) is 0 Å². The van der Waals surface area contributed by atoms with Crippen LogP contribution in [-0.4, -0.2) is 38.1 Å². The van der Waals surface area contributed by atoms with E-state index in [1.165, 1.54) is 18.2 Å². The molecule has 1 fully saturated rings. The first kappa shape index (κ1) is 14.0. The molecule has 0 spiro atoms. The van der Waals surface area contributed by atoms with Crippen molar-refractivity contribution in [3.63, 3.8) is 0 Å². The molecule has 2 aromatic rings. The summed E-state index contributed by atoms with van der Waals surface area (Å²) in [5.74, 6) is 0.181. The number of aromatic amines is 2. The second-order valence-corrected chi connectivity index (χ2v) is 6.64. The van der Waals surface area contributed by atoms with Crippen LogP contribution >= 0.6 is 0 Å². The third kappa shape index (κ3) is 2.75. The Morgan fingerprint density at radius 2 is 2.00 bits per heavy atom.